The molecule has 0 aromatic carbocycles. The molecular weight excluding hydrogens is 388 g/mol. The van der Waals surface area contributed by atoms with Gasteiger partial charge in [0.2, 0.25) is 0 Å². The average molecular weight is 420 g/mol. The number of fused-ring (bicyclic) bond motifs is 6. The SMILES string of the molecule is CC1=[O+]C(=C2C=C3CC(=O)CC[C@]3(C)C3=CC[C@@]4(C)[C@@H](CC[C@@]45CCC(=O)O5)[C@@H]32)C=C1. The normalized spacial score (nSPS) is 45.7. The van der Waals surface area contributed by atoms with Gasteiger partial charge in [-0.1, -0.05) is 31.1 Å². The van der Waals surface area contributed by atoms with Crippen molar-refractivity contribution in [2.24, 2.45) is 22.7 Å². The van der Waals surface area contributed by atoms with Crippen LogP contribution < -0.4 is 0 Å². The Kier molecular flexibility index (Phi) is 3.88. The third-order valence-electron chi connectivity index (χ3n) is 9.57. The molecule has 5 atom stereocenters. The maximum Gasteiger partial charge on any atom is 0.357 e. The molecule has 3 fully saturated rings. The van der Waals surface area contributed by atoms with Crippen LogP contribution in [0.15, 0.2) is 46.8 Å². The van der Waals surface area contributed by atoms with E-state index in [0.717, 1.165) is 43.6 Å². The van der Waals surface area contributed by atoms with Gasteiger partial charge in [-0.05, 0) is 44.1 Å². The molecule has 0 aromatic rings. The number of hydrogen-bond donors (Lipinski definition) is 0. The van der Waals surface area contributed by atoms with E-state index in [-0.39, 0.29) is 28.3 Å². The van der Waals surface area contributed by atoms with Crippen LogP contribution in [0.4, 0.5) is 0 Å². The highest BCUT2D eigenvalue weighted by Gasteiger charge is 2.66. The van der Waals surface area contributed by atoms with Gasteiger partial charge in [-0.3, -0.25) is 9.59 Å². The standard InChI is InChI=1S/C27H31O4/c1-16-4-5-22(30-16)19-15-17-14-18(28)6-10-25(17,2)20-7-11-26(3)21(24(19)20)8-12-27(26)13-9-23(29)31-27/h4-5,7,15,21,24H,6,8-14H2,1-3H3/q+1/t21-,24+,25-,26-,27+/m0/s1. The van der Waals surface area contributed by atoms with E-state index >= 15 is 0 Å². The number of ether oxygens (including phenoxy) is 1. The second kappa shape index (κ2) is 6.17. The predicted molar refractivity (Wildman–Crippen MR) is 117 cm³/mol. The summed E-state index contributed by atoms with van der Waals surface area (Å²) in [6.45, 7) is 6.68. The Morgan fingerprint density at radius 1 is 1.10 bits per heavy atom. The molecule has 4 nitrogen and oxygen atoms in total. The second-order valence-corrected chi connectivity index (χ2v) is 11.0. The summed E-state index contributed by atoms with van der Waals surface area (Å²) in [5.74, 6) is 2.80. The van der Waals surface area contributed by atoms with Gasteiger partial charge in [-0.15, -0.1) is 0 Å². The summed E-state index contributed by atoms with van der Waals surface area (Å²) in [7, 11) is 0. The van der Waals surface area contributed by atoms with Crippen LogP contribution in [0.1, 0.15) is 72.1 Å². The van der Waals surface area contributed by atoms with Crippen molar-refractivity contribution in [3.8, 4) is 0 Å². The molecule has 0 amide bonds. The van der Waals surface area contributed by atoms with Crippen LogP contribution in [-0.2, 0) is 18.8 Å². The van der Waals surface area contributed by atoms with Crippen LogP contribution in [0, 0.1) is 22.7 Å². The van der Waals surface area contributed by atoms with Gasteiger partial charge in [0.25, 0.3) is 0 Å². The highest BCUT2D eigenvalue weighted by molar-refractivity contribution is 5.90. The van der Waals surface area contributed by atoms with Crippen molar-refractivity contribution >= 4 is 17.5 Å². The van der Waals surface area contributed by atoms with Crippen LogP contribution in [0.3, 0.4) is 0 Å². The first-order valence-electron chi connectivity index (χ1n) is 11.8. The number of carbonyl (C=O) groups excluding carboxylic acids is 3. The summed E-state index contributed by atoms with van der Waals surface area (Å²) in [4.78, 5) is 24.5. The molecule has 4 aliphatic carbocycles. The molecule has 2 heterocycles. The molecule has 0 bridgehead atoms. The maximum atomic E-state index is 12.4. The molecule has 0 aromatic heterocycles. The third kappa shape index (κ3) is 2.45. The van der Waals surface area contributed by atoms with Gasteiger partial charge in [0.1, 0.15) is 11.4 Å². The predicted octanol–water partition coefficient (Wildman–Crippen LogP) is 5.07. The number of esters is 1. The van der Waals surface area contributed by atoms with Gasteiger partial charge >= 0.3 is 17.5 Å². The highest BCUT2D eigenvalue weighted by Crippen LogP contribution is 2.68. The number of allylic oxidation sites excluding steroid dienone is 7. The Bertz CT molecular complexity index is 1070. The molecule has 4 heteroatoms. The third-order valence-corrected chi connectivity index (χ3v) is 9.57. The zero-order valence-electron chi connectivity index (χ0n) is 18.8. The lowest BCUT2D eigenvalue weighted by Crippen LogP contribution is -2.51. The second-order valence-electron chi connectivity index (χ2n) is 11.0. The molecule has 2 saturated carbocycles. The number of Topliss-reactive ketones (excluding diaryl/α,β-unsaturated/α-hetero) is 1. The minimum atomic E-state index is -0.325. The molecule has 0 radical (unpaired) electrons. The summed E-state index contributed by atoms with van der Waals surface area (Å²) in [6, 6.07) is 0. The molecule has 6 aliphatic rings. The van der Waals surface area contributed by atoms with E-state index in [9.17, 15) is 9.59 Å². The minimum Gasteiger partial charge on any atom is -0.458 e. The van der Waals surface area contributed by atoms with E-state index in [1.54, 1.807) is 0 Å². The zero-order chi connectivity index (χ0) is 21.6. The van der Waals surface area contributed by atoms with Gasteiger partial charge in [-0.25, -0.2) is 4.42 Å². The van der Waals surface area contributed by atoms with Crippen LogP contribution >= 0.6 is 0 Å². The van der Waals surface area contributed by atoms with Crippen LogP contribution in [0.25, 0.3) is 0 Å². The smallest absolute Gasteiger partial charge is 0.357 e. The lowest BCUT2D eigenvalue weighted by Gasteiger charge is -2.54. The summed E-state index contributed by atoms with van der Waals surface area (Å²) in [6.07, 6.45) is 15.3. The molecule has 0 N–H and O–H groups in total. The van der Waals surface area contributed by atoms with Gasteiger partial charge in [0.05, 0.1) is 18.6 Å². The Morgan fingerprint density at radius 3 is 2.65 bits per heavy atom. The Hall–Kier alpha value is -2.23. The summed E-state index contributed by atoms with van der Waals surface area (Å²) < 4.78 is 12.2. The van der Waals surface area contributed by atoms with Crippen LogP contribution in [-0.4, -0.2) is 23.1 Å². The van der Waals surface area contributed by atoms with Crippen molar-refractivity contribution in [1.82, 2.24) is 0 Å². The zero-order valence-corrected chi connectivity index (χ0v) is 18.8. The Morgan fingerprint density at radius 2 is 1.94 bits per heavy atom. The van der Waals surface area contributed by atoms with Gasteiger partial charge in [0.15, 0.2) is 0 Å². The van der Waals surface area contributed by atoms with E-state index in [0.29, 0.717) is 31.0 Å². The van der Waals surface area contributed by atoms with E-state index in [2.05, 4.69) is 32.1 Å². The minimum absolute atomic E-state index is 0.0360. The van der Waals surface area contributed by atoms with Crippen molar-refractivity contribution in [3.63, 3.8) is 0 Å². The van der Waals surface area contributed by atoms with Crippen LogP contribution in [0.2, 0.25) is 0 Å². The molecule has 0 unspecified atom stereocenters. The number of rotatable bonds is 0. The largest absolute Gasteiger partial charge is 0.458 e. The van der Waals surface area contributed by atoms with Crippen molar-refractivity contribution in [2.45, 2.75) is 77.7 Å². The Labute approximate surface area is 183 Å². The van der Waals surface area contributed by atoms with Crippen molar-refractivity contribution < 1.29 is 18.8 Å². The molecule has 31 heavy (non-hydrogen) atoms. The summed E-state index contributed by atoms with van der Waals surface area (Å²) in [5.41, 5.74) is 3.51. The Balaban J connectivity index is 1.54. The molecule has 1 spiro atoms. The molecule has 6 rings (SSSR count). The lowest BCUT2D eigenvalue weighted by atomic mass is 9.50. The first kappa shape index (κ1) is 19.5. The van der Waals surface area contributed by atoms with Gasteiger partial charge in [0, 0.05) is 42.1 Å². The van der Waals surface area contributed by atoms with E-state index < -0.39 is 0 Å². The monoisotopic (exact) mass is 419 g/mol. The fraction of sp³-hybridized carbons (Fsp3) is 0.593. The molecule has 1 saturated heterocycles. The van der Waals surface area contributed by atoms with Crippen molar-refractivity contribution in [1.29, 1.82) is 0 Å². The van der Waals surface area contributed by atoms with E-state index in [4.69, 9.17) is 9.16 Å². The highest BCUT2D eigenvalue weighted by atomic mass is 16.6. The molecule has 2 aliphatic heterocycles. The van der Waals surface area contributed by atoms with Crippen LogP contribution in [0.5, 0.6) is 0 Å². The fourth-order valence-corrected chi connectivity index (χ4v) is 7.70. The number of carbonyl (C=O) groups is 2. The summed E-state index contributed by atoms with van der Waals surface area (Å²) >= 11 is 0. The lowest BCUT2D eigenvalue weighted by molar-refractivity contribution is -0.388. The molecule has 162 valence electrons. The fourth-order valence-electron chi connectivity index (χ4n) is 7.70. The average Bonchev–Trinajstić information content (AvgIpc) is 3.41. The van der Waals surface area contributed by atoms with Gasteiger partial charge in [-0.2, -0.15) is 0 Å². The van der Waals surface area contributed by atoms with E-state index in [1.807, 2.05) is 13.0 Å². The van der Waals surface area contributed by atoms with Gasteiger partial charge < -0.3 is 4.74 Å². The first-order chi connectivity index (χ1) is 14.8. The maximum absolute atomic E-state index is 12.4. The molecular formula is C27H31O4+. The van der Waals surface area contributed by atoms with Crippen molar-refractivity contribution in [2.75, 3.05) is 0 Å². The van der Waals surface area contributed by atoms with E-state index in [1.165, 1.54) is 16.7 Å². The number of hydrogen-bond acceptors (Lipinski definition) is 3. The topological polar surface area (TPSA) is 54.7 Å². The summed E-state index contributed by atoms with van der Waals surface area (Å²) in [5, 5.41) is 0. The quantitative estimate of drug-likeness (QED) is 0.313. The van der Waals surface area contributed by atoms with Crippen molar-refractivity contribution in [3.05, 3.63) is 46.8 Å². The first-order valence-corrected chi connectivity index (χ1v) is 11.8. The number of ketones is 2.